The van der Waals surface area contributed by atoms with Crippen LogP contribution in [-0.4, -0.2) is 11.3 Å². The minimum absolute atomic E-state index is 0.785. The fraction of sp³-hybridized carbons (Fsp3) is 0.400. The zero-order valence-corrected chi connectivity index (χ0v) is 4.63. The molecule has 0 atom stereocenters. The van der Waals surface area contributed by atoms with Gasteiger partial charge in [0.25, 0.3) is 0 Å². The zero-order valence-electron chi connectivity index (χ0n) is 4.63. The normalized spacial score (nSPS) is 9.62. The molecule has 0 unspecified atom stereocenters. The van der Waals surface area contributed by atoms with Crippen LogP contribution in [0.4, 0.5) is 4.79 Å². The molecule has 46 valence electrons. The van der Waals surface area contributed by atoms with Gasteiger partial charge < -0.3 is 9.84 Å². The molecular weight excluding hydrogens is 108 g/mol. The lowest BCUT2D eigenvalue weighted by atomic mass is 10.5. The molecule has 0 aliphatic carbocycles. The van der Waals surface area contributed by atoms with Crippen LogP contribution in [0, 0.1) is 0 Å². The van der Waals surface area contributed by atoms with Crippen molar-refractivity contribution in [3.05, 3.63) is 12.3 Å². The Hall–Kier alpha value is -0.990. The van der Waals surface area contributed by atoms with E-state index in [1.165, 1.54) is 0 Å². The molecule has 0 saturated carbocycles. The molecule has 0 saturated heterocycles. The summed E-state index contributed by atoms with van der Waals surface area (Å²) >= 11 is 0. The van der Waals surface area contributed by atoms with Gasteiger partial charge >= 0.3 is 6.16 Å². The van der Waals surface area contributed by atoms with Gasteiger partial charge in [0.1, 0.15) is 0 Å². The highest BCUT2D eigenvalue weighted by Crippen LogP contribution is 1.81. The van der Waals surface area contributed by atoms with Gasteiger partial charge in [0.2, 0.25) is 0 Å². The van der Waals surface area contributed by atoms with E-state index in [9.17, 15) is 4.79 Å². The first-order valence-corrected chi connectivity index (χ1v) is 2.32. The second-order valence-electron chi connectivity index (χ2n) is 1.16. The van der Waals surface area contributed by atoms with E-state index in [2.05, 4.69) is 4.74 Å². The molecule has 0 aliphatic heterocycles. The first-order chi connectivity index (χ1) is 3.77. The van der Waals surface area contributed by atoms with Gasteiger partial charge in [-0.3, -0.25) is 0 Å². The Kier molecular flexibility index (Phi) is 3.66. The van der Waals surface area contributed by atoms with Crippen molar-refractivity contribution in [2.45, 2.75) is 13.3 Å². The summed E-state index contributed by atoms with van der Waals surface area (Å²) in [6.45, 7) is 1.89. The van der Waals surface area contributed by atoms with Gasteiger partial charge in [0, 0.05) is 0 Å². The van der Waals surface area contributed by atoms with Crippen LogP contribution in [0.1, 0.15) is 13.3 Å². The van der Waals surface area contributed by atoms with Crippen molar-refractivity contribution in [2.24, 2.45) is 0 Å². The Morgan fingerprint density at radius 3 is 2.88 bits per heavy atom. The maximum Gasteiger partial charge on any atom is 0.510 e. The minimum atomic E-state index is -1.27. The molecule has 0 amide bonds. The molecule has 0 aromatic carbocycles. The van der Waals surface area contributed by atoms with Crippen LogP contribution in [0.3, 0.4) is 0 Å². The average molecular weight is 116 g/mol. The molecule has 0 radical (unpaired) electrons. The summed E-state index contributed by atoms with van der Waals surface area (Å²) < 4.78 is 4.02. The fourth-order valence-corrected chi connectivity index (χ4v) is 0.203. The number of hydrogen-bond acceptors (Lipinski definition) is 2. The third kappa shape index (κ3) is 5.01. The number of ether oxygens (including phenoxy) is 1. The SMILES string of the molecule is CCC=COC(=O)O. The summed E-state index contributed by atoms with van der Waals surface area (Å²) in [5, 5.41) is 7.87. The summed E-state index contributed by atoms with van der Waals surface area (Å²) in [6, 6.07) is 0. The lowest BCUT2D eigenvalue weighted by Crippen LogP contribution is -1.90. The monoisotopic (exact) mass is 116 g/mol. The van der Waals surface area contributed by atoms with Crippen LogP contribution in [0.25, 0.3) is 0 Å². The van der Waals surface area contributed by atoms with Crippen molar-refractivity contribution in [3.63, 3.8) is 0 Å². The van der Waals surface area contributed by atoms with E-state index < -0.39 is 6.16 Å². The van der Waals surface area contributed by atoms with Crippen LogP contribution >= 0.6 is 0 Å². The van der Waals surface area contributed by atoms with E-state index >= 15 is 0 Å². The van der Waals surface area contributed by atoms with Crippen LogP contribution in [0.5, 0.6) is 0 Å². The standard InChI is InChI=1S/C5H8O3/c1-2-3-4-8-5(6)7/h3-4H,2H2,1H3,(H,6,7). The predicted molar refractivity (Wildman–Crippen MR) is 28.5 cm³/mol. The van der Waals surface area contributed by atoms with Crippen molar-refractivity contribution in [1.29, 1.82) is 0 Å². The van der Waals surface area contributed by atoms with E-state index in [4.69, 9.17) is 5.11 Å². The molecular formula is C5H8O3. The van der Waals surface area contributed by atoms with Crippen LogP contribution in [0.2, 0.25) is 0 Å². The fourth-order valence-electron chi connectivity index (χ4n) is 0.203. The van der Waals surface area contributed by atoms with Gasteiger partial charge in [-0.25, -0.2) is 4.79 Å². The number of carbonyl (C=O) groups is 1. The Labute approximate surface area is 47.6 Å². The van der Waals surface area contributed by atoms with Gasteiger partial charge in [-0.2, -0.15) is 0 Å². The van der Waals surface area contributed by atoms with E-state index in [0.29, 0.717) is 0 Å². The minimum Gasteiger partial charge on any atom is -0.449 e. The van der Waals surface area contributed by atoms with Gasteiger partial charge in [-0.1, -0.05) is 6.92 Å². The van der Waals surface area contributed by atoms with E-state index in [-0.39, 0.29) is 0 Å². The molecule has 8 heavy (non-hydrogen) atoms. The first-order valence-electron chi connectivity index (χ1n) is 2.32. The molecule has 1 N–H and O–H groups in total. The molecule has 3 heteroatoms. The van der Waals surface area contributed by atoms with E-state index in [0.717, 1.165) is 12.7 Å². The van der Waals surface area contributed by atoms with Crippen molar-refractivity contribution < 1.29 is 14.6 Å². The maximum atomic E-state index is 9.60. The maximum absolute atomic E-state index is 9.60. The predicted octanol–water partition coefficient (Wildman–Crippen LogP) is 1.60. The van der Waals surface area contributed by atoms with Crippen LogP contribution < -0.4 is 0 Å². The second kappa shape index (κ2) is 4.18. The van der Waals surface area contributed by atoms with Crippen molar-refractivity contribution in [2.75, 3.05) is 0 Å². The molecule has 0 aromatic heterocycles. The highest BCUT2D eigenvalue weighted by molar-refractivity contribution is 5.57. The molecule has 0 rings (SSSR count). The summed E-state index contributed by atoms with van der Waals surface area (Å²) in [5.41, 5.74) is 0. The molecule has 0 bridgehead atoms. The number of allylic oxidation sites excluding steroid dienone is 1. The van der Waals surface area contributed by atoms with Crippen molar-refractivity contribution in [3.8, 4) is 0 Å². The highest BCUT2D eigenvalue weighted by Gasteiger charge is 1.86. The summed E-state index contributed by atoms with van der Waals surface area (Å²) in [7, 11) is 0. The Balaban J connectivity index is 3.16. The third-order valence-corrected chi connectivity index (χ3v) is 0.501. The van der Waals surface area contributed by atoms with Gasteiger partial charge in [0.15, 0.2) is 0 Å². The second-order valence-corrected chi connectivity index (χ2v) is 1.16. The summed E-state index contributed by atoms with van der Waals surface area (Å²) in [6.07, 6.45) is 2.29. The Morgan fingerprint density at radius 2 is 2.50 bits per heavy atom. The lowest BCUT2D eigenvalue weighted by Gasteiger charge is -1.85. The largest absolute Gasteiger partial charge is 0.510 e. The molecule has 0 aliphatic rings. The molecule has 0 aromatic rings. The zero-order chi connectivity index (χ0) is 6.41. The summed E-state index contributed by atoms with van der Waals surface area (Å²) in [4.78, 5) is 9.60. The molecule has 0 spiro atoms. The van der Waals surface area contributed by atoms with Crippen LogP contribution in [-0.2, 0) is 4.74 Å². The van der Waals surface area contributed by atoms with Gasteiger partial charge in [-0.05, 0) is 12.5 Å². The van der Waals surface area contributed by atoms with Crippen molar-refractivity contribution in [1.82, 2.24) is 0 Å². The van der Waals surface area contributed by atoms with Gasteiger partial charge in [-0.15, -0.1) is 0 Å². The van der Waals surface area contributed by atoms with E-state index in [1.807, 2.05) is 6.92 Å². The Bertz CT molecular complexity index is 95.8. The van der Waals surface area contributed by atoms with Crippen molar-refractivity contribution >= 4 is 6.16 Å². The first kappa shape index (κ1) is 7.01. The highest BCUT2D eigenvalue weighted by atomic mass is 16.7. The number of rotatable bonds is 2. The third-order valence-electron chi connectivity index (χ3n) is 0.501. The number of carboxylic acid groups (broad SMARTS) is 1. The average Bonchev–Trinajstić information content (AvgIpc) is 1.66. The Morgan fingerprint density at radius 1 is 1.88 bits per heavy atom. The molecule has 3 nitrogen and oxygen atoms in total. The smallest absolute Gasteiger partial charge is 0.449 e. The quantitative estimate of drug-likeness (QED) is 0.440. The summed E-state index contributed by atoms with van der Waals surface area (Å²) in [5.74, 6) is 0. The lowest BCUT2D eigenvalue weighted by molar-refractivity contribution is 0.128. The topological polar surface area (TPSA) is 46.5 Å². The van der Waals surface area contributed by atoms with Crippen LogP contribution in [0.15, 0.2) is 12.3 Å². The molecule has 0 fully saturated rings. The van der Waals surface area contributed by atoms with Gasteiger partial charge in [0.05, 0.1) is 6.26 Å². The number of hydrogen-bond donors (Lipinski definition) is 1. The van der Waals surface area contributed by atoms with E-state index in [1.54, 1.807) is 6.08 Å². The molecule has 0 heterocycles.